The number of carbonyl (C=O) groups is 3. The lowest BCUT2D eigenvalue weighted by Crippen LogP contribution is -2.40. The highest BCUT2D eigenvalue weighted by atomic mass is 35.5. The number of aliphatic hydroxyl groups excluding tert-OH is 1. The Balaban J connectivity index is 1.73. The van der Waals surface area contributed by atoms with Crippen molar-refractivity contribution >= 4 is 40.9 Å². The third-order valence-corrected chi connectivity index (χ3v) is 7.34. The lowest BCUT2D eigenvalue weighted by Gasteiger charge is -2.28. The van der Waals surface area contributed by atoms with E-state index in [1.807, 2.05) is 6.92 Å². The first kappa shape index (κ1) is 34.6. The van der Waals surface area contributed by atoms with Crippen LogP contribution >= 0.6 is 11.6 Å². The van der Waals surface area contributed by atoms with E-state index in [0.717, 1.165) is 31.0 Å². The number of amides is 2. The van der Waals surface area contributed by atoms with Gasteiger partial charge in [0, 0.05) is 28.3 Å². The minimum absolute atomic E-state index is 0.0182. The quantitative estimate of drug-likeness (QED) is 0.215. The topological polar surface area (TPSA) is 181 Å². The second-order valence-electron chi connectivity index (χ2n) is 10.8. The summed E-state index contributed by atoms with van der Waals surface area (Å²) in [4.78, 5) is 41.5. The summed E-state index contributed by atoms with van der Waals surface area (Å²) in [7, 11) is 0. The van der Waals surface area contributed by atoms with E-state index >= 15 is 0 Å². The van der Waals surface area contributed by atoms with Crippen molar-refractivity contribution in [3.8, 4) is 5.75 Å². The van der Waals surface area contributed by atoms with E-state index < -0.39 is 60.2 Å². The smallest absolute Gasteiger partial charge is 0.421 e. The van der Waals surface area contributed by atoms with E-state index in [9.17, 15) is 48.0 Å². The molecule has 11 nitrogen and oxygen atoms in total. The number of carbonyl (C=O) groups excluding carboxylic acids is 2. The second kappa shape index (κ2) is 14.3. The molecule has 0 saturated heterocycles. The predicted molar refractivity (Wildman–Crippen MR) is 156 cm³/mol. The number of halogens is 4. The number of amidine groups is 1. The fourth-order valence-corrected chi connectivity index (χ4v) is 4.81. The Kier molecular flexibility index (Phi) is 11.2. The van der Waals surface area contributed by atoms with Crippen molar-refractivity contribution in [1.29, 1.82) is 0 Å². The van der Waals surface area contributed by atoms with Gasteiger partial charge < -0.3 is 36.4 Å². The number of rotatable bonds is 9. The molecule has 1 heterocycles. The number of aliphatic imine (C=N–C) groups is 1. The Morgan fingerprint density at radius 3 is 2.48 bits per heavy atom. The molecule has 2 aromatic carbocycles. The Labute approximate surface area is 256 Å². The molecular weight excluding hydrogens is 609 g/mol. The minimum atomic E-state index is -5.07. The summed E-state index contributed by atoms with van der Waals surface area (Å²) in [5, 5.41) is 47.1. The summed E-state index contributed by atoms with van der Waals surface area (Å²) in [6.45, 7) is 2.03. The van der Waals surface area contributed by atoms with Gasteiger partial charge in [-0.3, -0.25) is 19.4 Å². The van der Waals surface area contributed by atoms with Crippen LogP contribution in [0.2, 0.25) is 5.02 Å². The highest BCUT2D eigenvalue weighted by Crippen LogP contribution is 2.40. The number of nitrogens with one attached hydrogen (secondary N) is 3. The number of aliphatic hydroxyl groups is 2. The second-order valence-corrected chi connectivity index (χ2v) is 11.3. The van der Waals surface area contributed by atoms with Crippen molar-refractivity contribution in [2.75, 3.05) is 18.4 Å². The highest BCUT2D eigenvalue weighted by Gasteiger charge is 2.51. The van der Waals surface area contributed by atoms with Gasteiger partial charge in [-0.15, -0.1) is 0 Å². The fourth-order valence-electron chi connectivity index (χ4n) is 4.57. The van der Waals surface area contributed by atoms with E-state index in [2.05, 4.69) is 20.9 Å². The maximum Gasteiger partial charge on any atom is 0.421 e. The zero-order valence-electron chi connectivity index (χ0n) is 23.9. The van der Waals surface area contributed by atoms with Crippen LogP contribution in [0.25, 0.3) is 0 Å². The van der Waals surface area contributed by atoms with Crippen LogP contribution in [0.1, 0.15) is 67.1 Å². The van der Waals surface area contributed by atoms with Crippen molar-refractivity contribution in [2.24, 2.45) is 10.9 Å². The van der Waals surface area contributed by atoms with Gasteiger partial charge in [0.2, 0.25) is 5.91 Å². The Morgan fingerprint density at radius 1 is 1.11 bits per heavy atom. The Bertz CT molecular complexity index is 1420. The molecule has 2 amide bonds. The number of nitrogens with zero attached hydrogens (tertiary/aromatic N) is 1. The molecule has 0 saturated carbocycles. The molecule has 0 spiro atoms. The normalized spacial score (nSPS) is 19.4. The van der Waals surface area contributed by atoms with Gasteiger partial charge in [0.05, 0.1) is 31.7 Å². The molecule has 0 fully saturated rings. The number of aromatic hydroxyl groups is 1. The Hall–Kier alpha value is -3.88. The van der Waals surface area contributed by atoms with Crippen molar-refractivity contribution in [3.63, 3.8) is 0 Å². The highest BCUT2D eigenvalue weighted by molar-refractivity contribution is 6.30. The summed E-state index contributed by atoms with van der Waals surface area (Å²) in [5.41, 5.74) is -3.76. The van der Waals surface area contributed by atoms with E-state index in [1.165, 1.54) is 18.2 Å². The molecule has 4 unspecified atom stereocenters. The van der Waals surface area contributed by atoms with Crippen LogP contribution in [0, 0.1) is 5.92 Å². The molecule has 0 aromatic heterocycles. The SMILES string of the molecule is CC1CCCC(O)CN=C1Nc1cc(O)cc(C(=O)NCC(=O)NC(CC(=O)O)c2cc(Cl)cc(C(C)(O)C(F)(F)F)c2)c1. The summed E-state index contributed by atoms with van der Waals surface area (Å²) >= 11 is 5.97. The number of phenols is 1. The lowest BCUT2D eigenvalue weighted by atomic mass is 9.91. The molecular formula is C29H34ClF3N4O7. The van der Waals surface area contributed by atoms with Crippen LogP contribution in [-0.4, -0.2) is 69.4 Å². The summed E-state index contributed by atoms with van der Waals surface area (Å²) < 4.78 is 40.3. The van der Waals surface area contributed by atoms with Crippen molar-refractivity contribution in [3.05, 3.63) is 58.1 Å². The molecule has 0 radical (unpaired) electrons. The van der Waals surface area contributed by atoms with Gasteiger partial charge in [-0.2, -0.15) is 13.2 Å². The van der Waals surface area contributed by atoms with Gasteiger partial charge in [-0.25, -0.2) is 0 Å². The summed E-state index contributed by atoms with van der Waals surface area (Å²) in [6.07, 6.45) is -4.17. The summed E-state index contributed by atoms with van der Waals surface area (Å²) in [6, 6.07) is 5.54. The average Bonchev–Trinajstić information content (AvgIpc) is 2.91. The number of hydrogen-bond donors (Lipinski definition) is 7. The number of carboxylic acids is 1. The molecule has 240 valence electrons. The molecule has 0 bridgehead atoms. The van der Waals surface area contributed by atoms with Crippen LogP contribution in [0.5, 0.6) is 5.75 Å². The average molecular weight is 643 g/mol. The number of carboxylic acid groups (broad SMARTS) is 1. The number of alkyl halides is 3. The first-order valence-electron chi connectivity index (χ1n) is 13.7. The van der Waals surface area contributed by atoms with Crippen LogP contribution in [0.3, 0.4) is 0 Å². The first-order chi connectivity index (χ1) is 20.5. The minimum Gasteiger partial charge on any atom is -0.508 e. The van der Waals surface area contributed by atoms with Gasteiger partial charge in [-0.05, 0) is 55.2 Å². The number of aliphatic carboxylic acids is 1. The fraction of sp³-hybridized carbons (Fsp3) is 0.448. The van der Waals surface area contributed by atoms with E-state index in [1.54, 1.807) is 0 Å². The molecule has 2 aromatic rings. The number of hydrogen-bond acceptors (Lipinski definition) is 8. The van der Waals surface area contributed by atoms with Gasteiger partial charge in [0.25, 0.3) is 5.91 Å². The number of benzene rings is 2. The zero-order chi connectivity index (χ0) is 32.8. The number of anilines is 1. The summed E-state index contributed by atoms with van der Waals surface area (Å²) in [5.74, 6) is -2.67. The van der Waals surface area contributed by atoms with Gasteiger partial charge in [0.15, 0.2) is 5.60 Å². The molecule has 7 N–H and O–H groups in total. The monoisotopic (exact) mass is 642 g/mol. The van der Waals surface area contributed by atoms with Crippen LogP contribution in [0.4, 0.5) is 18.9 Å². The largest absolute Gasteiger partial charge is 0.508 e. The van der Waals surface area contributed by atoms with E-state index in [4.69, 9.17) is 11.6 Å². The molecule has 1 aliphatic heterocycles. The number of phenolic OH excluding ortho intramolecular Hbond substituents is 1. The van der Waals surface area contributed by atoms with E-state index in [-0.39, 0.29) is 34.4 Å². The first-order valence-corrected chi connectivity index (χ1v) is 14.1. The molecule has 15 heteroatoms. The maximum atomic E-state index is 13.4. The van der Waals surface area contributed by atoms with Crippen LogP contribution in [-0.2, 0) is 15.2 Å². The third kappa shape index (κ3) is 9.31. The van der Waals surface area contributed by atoms with Gasteiger partial charge in [0.1, 0.15) is 11.6 Å². The van der Waals surface area contributed by atoms with Crippen molar-refractivity contribution < 1.29 is 48.0 Å². The molecule has 44 heavy (non-hydrogen) atoms. The van der Waals surface area contributed by atoms with E-state index in [0.29, 0.717) is 24.9 Å². The molecule has 3 rings (SSSR count). The third-order valence-electron chi connectivity index (χ3n) is 7.13. The molecule has 1 aliphatic rings. The van der Waals surface area contributed by atoms with Crippen molar-refractivity contribution in [2.45, 2.75) is 63.5 Å². The van der Waals surface area contributed by atoms with Crippen molar-refractivity contribution in [1.82, 2.24) is 10.6 Å². The van der Waals surface area contributed by atoms with Gasteiger partial charge in [-0.1, -0.05) is 31.0 Å². The standard InChI is InChI=1S/C29H34ClF3N4O7/c1-15-4-3-5-21(38)13-34-26(15)36-20-8-17(9-22(39)11-20)27(43)35-14-24(40)37-23(12-25(41)42)16-6-18(10-19(30)7-16)28(2,44)29(31,32)33/h6-11,15,21,23,38-39,44H,3-5,12-14H2,1-2H3,(H,34,36)(H,35,43)(H,37,40)(H,41,42). The van der Waals surface area contributed by atoms with Crippen LogP contribution < -0.4 is 16.0 Å². The van der Waals surface area contributed by atoms with Crippen LogP contribution in [0.15, 0.2) is 41.4 Å². The Morgan fingerprint density at radius 2 is 1.82 bits per heavy atom. The zero-order valence-corrected chi connectivity index (χ0v) is 24.7. The molecule has 4 atom stereocenters. The molecule has 0 aliphatic carbocycles. The maximum absolute atomic E-state index is 13.4. The predicted octanol–water partition coefficient (Wildman–Crippen LogP) is 3.87. The lowest BCUT2D eigenvalue weighted by molar-refractivity contribution is -0.258. The van der Waals surface area contributed by atoms with Gasteiger partial charge >= 0.3 is 12.1 Å².